The van der Waals surface area contributed by atoms with Crippen LogP contribution >= 0.6 is 0 Å². The largest absolute Gasteiger partial charge is 0.328 e. The van der Waals surface area contributed by atoms with Crippen molar-refractivity contribution in [3.8, 4) is 0 Å². The summed E-state index contributed by atoms with van der Waals surface area (Å²) in [6, 6.07) is 3.85. The summed E-state index contributed by atoms with van der Waals surface area (Å²) in [6.07, 6.45) is 8.14. The minimum Gasteiger partial charge on any atom is -0.299 e. The molecule has 2 heterocycles. The van der Waals surface area contributed by atoms with Crippen LogP contribution in [0.2, 0.25) is 0 Å². The first-order valence-electron chi connectivity index (χ1n) is 5.45. The van der Waals surface area contributed by atoms with Gasteiger partial charge in [-0.1, -0.05) is 13.0 Å². The summed E-state index contributed by atoms with van der Waals surface area (Å²) in [6.45, 7) is 3.42. The van der Waals surface area contributed by atoms with Crippen molar-refractivity contribution in [2.45, 2.75) is 26.4 Å². The Labute approximate surface area is 94.2 Å². The lowest BCUT2D eigenvalue weighted by Crippen LogP contribution is -2.24. The SMILES string of the molecule is CCCn1ccn(Cc2cccnc2)c1=O. The second-order valence-electron chi connectivity index (χ2n) is 3.76. The van der Waals surface area contributed by atoms with E-state index >= 15 is 0 Å². The lowest BCUT2D eigenvalue weighted by atomic mass is 10.3. The minimum absolute atomic E-state index is 0.0469. The number of hydrogen-bond donors (Lipinski definition) is 0. The van der Waals surface area contributed by atoms with Gasteiger partial charge in [-0.05, 0) is 18.1 Å². The van der Waals surface area contributed by atoms with Gasteiger partial charge in [-0.25, -0.2) is 4.79 Å². The van der Waals surface area contributed by atoms with Gasteiger partial charge in [0.15, 0.2) is 0 Å². The summed E-state index contributed by atoms with van der Waals surface area (Å²) in [5.41, 5.74) is 1.09. The first-order valence-corrected chi connectivity index (χ1v) is 5.45. The van der Waals surface area contributed by atoms with Gasteiger partial charge in [-0.3, -0.25) is 14.1 Å². The number of aryl methyl sites for hydroxylation is 1. The van der Waals surface area contributed by atoms with E-state index in [-0.39, 0.29) is 5.69 Å². The highest BCUT2D eigenvalue weighted by Crippen LogP contribution is 1.98. The molecule has 0 unspecified atom stereocenters. The Hall–Kier alpha value is -1.84. The van der Waals surface area contributed by atoms with Crippen LogP contribution in [-0.2, 0) is 13.1 Å². The van der Waals surface area contributed by atoms with E-state index in [9.17, 15) is 4.79 Å². The summed E-state index contributed by atoms with van der Waals surface area (Å²) in [5, 5.41) is 0. The van der Waals surface area contributed by atoms with E-state index in [0.717, 1.165) is 18.5 Å². The van der Waals surface area contributed by atoms with E-state index < -0.39 is 0 Å². The summed E-state index contributed by atoms with van der Waals surface area (Å²) in [7, 11) is 0. The third-order valence-electron chi connectivity index (χ3n) is 2.46. The molecule has 0 aromatic carbocycles. The van der Waals surface area contributed by atoms with Crippen LogP contribution in [-0.4, -0.2) is 14.1 Å². The molecule has 0 aliphatic carbocycles. The van der Waals surface area contributed by atoms with Crippen LogP contribution in [0, 0.1) is 0 Å². The molecule has 2 rings (SSSR count). The molecule has 2 aromatic rings. The Balaban J connectivity index is 2.20. The molecule has 0 bridgehead atoms. The lowest BCUT2D eigenvalue weighted by molar-refractivity contribution is 0.624. The Bertz CT molecular complexity index is 498. The van der Waals surface area contributed by atoms with Gasteiger partial charge in [0.2, 0.25) is 0 Å². The van der Waals surface area contributed by atoms with Gasteiger partial charge in [0.05, 0.1) is 6.54 Å². The average molecular weight is 217 g/mol. The van der Waals surface area contributed by atoms with Gasteiger partial charge >= 0.3 is 5.69 Å². The van der Waals surface area contributed by atoms with Crippen molar-refractivity contribution < 1.29 is 0 Å². The summed E-state index contributed by atoms with van der Waals surface area (Å²) >= 11 is 0. The highest BCUT2D eigenvalue weighted by atomic mass is 16.1. The number of rotatable bonds is 4. The predicted octanol–water partition coefficient (Wildman–Crippen LogP) is 1.50. The van der Waals surface area contributed by atoms with Crippen molar-refractivity contribution in [2.75, 3.05) is 0 Å². The van der Waals surface area contributed by atoms with Crippen LogP contribution in [0.4, 0.5) is 0 Å². The highest BCUT2D eigenvalue weighted by Gasteiger charge is 2.02. The smallest absolute Gasteiger partial charge is 0.299 e. The fraction of sp³-hybridized carbons (Fsp3) is 0.333. The molecular weight excluding hydrogens is 202 g/mol. The fourth-order valence-electron chi connectivity index (χ4n) is 1.67. The number of nitrogens with zero attached hydrogens (tertiary/aromatic N) is 3. The molecule has 2 aromatic heterocycles. The maximum absolute atomic E-state index is 11.9. The first-order chi connectivity index (χ1) is 7.81. The van der Waals surface area contributed by atoms with Crippen LogP contribution in [0.25, 0.3) is 0 Å². The summed E-state index contributed by atoms with van der Waals surface area (Å²) < 4.78 is 3.43. The normalized spacial score (nSPS) is 10.6. The van der Waals surface area contributed by atoms with E-state index in [1.807, 2.05) is 24.5 Å². The van der Waals surface area contributed by atoms with Gasteiger partial charge in [-0.2, -0.15) is 0 Å². The van der Waals surface area contributed by atoms with Crippen molar-refractivity contribution in [3.63, 3.8) is 0 Å². The van der Waals surface area contributed by atoms with Crippen molar-refractivity contribution >= 4 is 0 Å². The topological polar surface area (TPSA) is 39.8 Å². The first kappa shape index (κ1) is 10.7. The molecule has 84 valence electrons. The van der Waals surface area contributed by atoms with E-state index in [4.69, 9.17) is 0 Å². The van der Waals surface area contributed by atoms with E-state index in [0.29, 0.717) is 6.54 Å². The molecule has 16 heavy (non-hydrogen) atoms. The molecule has 0 spiro atoms. The maximum Gasteiger partial charge on any atom is 0.328 e. The van der Waals surface area contributed by atoms with Gasteiger partial charge in [0.25, 0.3) is 0 Å². The minimum atomic E-state index is 0.0469. The number of hydrogen-bond acceptors (Lipinski definition) is 2. The Morgan fingerprint density at radius 2 is 2.12 bits per heavy atom. The fourth-order valence-corrected chi connectivity index (χ4v) is 1.67. The van der Waals surface area contributed by atoms with Crippen LogP contribution in [0.15, 0.2) is 41.7 Å². The summed E-state index contributed by atoms with van der Waals surface area (Å²) in [4.78, 5) is 15.9. The Morgan fingerprint density at radius 1 is 1.31 bits per heavy atom. The Kier molecular flexibility index (Phi) is 3.19. The Morgan fingerprint density at radius 3 is 2.81 bits per heavy atom. The van der Waals surface area contributed by atoms with E-state index in [1.54, 1.807) is 21.5 Å². The molecule has 0 atom stereocenters. The molecule has 0 saturated heterocycles. The highest BCUT2D eigenvalue weighted by molar-refractivity contribution is 5.09. The van der Waals surface area contributed by atoms with E-state index in [1.165, 1.54) is 0 Å². The van der Waals surface area contributed by atoms with Crippen LogP contribution in [0.3, 0.4) is 0 Å². The van der Waals surface area contributed by atoms with Crippen molar-refractivity contribution in [2.24, 2.45) is 0 Å². The molecular formula is C12H15N3O. The van der Waals surface area contributed by atoms with Gasteiger partial charge in [0.1, 0.15) is 0 Å². The van der Waals surface area contributed by atoms with Gasteiger partial charge in [0, 0.05) is 31.3 Å². The third-order valence-corrected chi connectivity index (χ3v) is 2.46. The standard InChI is InChI=1S/C12H15N3O/c1-2-6-14-7-8-15(12(14)16)10-11-4-3-5-13-9-11/h3-5,7-9H,2,6,10H2,1H3. The monoisotopic (exact) mass is 217 g/mol. The molecule has 0 aliphatic rings. The van der Waals surface area contributed by atoms with Crippen LogP contribution < -0.4 is 5.69 Å². The third kappa shape index (κ3) is 2.21. The lowest BCUT2D eigenvalue weighted by Gasteiger charge is -2.01. The van der Waals surface area contributed by atoms with Crippen LogP contribution in [0.1, 0.15) is 18.9 Å². The van der Waals surface area contributed by atoms with Gasteiger partial charge in [-0.15, -0.1) is 0 Å². The molecule has 0 saturated carbocycles. The van der Waals surface area contributed by atoms with E-state index in [2.05, 4.69) is 11.9 Å². The quantitative estimate of drug-likeness (QED) is 0.778. The zero-order chi connectivity index (χ0) is 11.4. The average Bonchev–Trinajstić information content (AvgIpc) is 2.64. The summed E-state index contributed by atoms with van der Waals surface area (Å²) in [5.74, 6) is 0. The second-order valence-corrected chi connectivity index (χ2v) is 3.76. The van der Waals surface area contributed by atoms with Crippen molar-refractivity contribution in [3.05, 3.63) is 53.0 Å². The molecule has 0 radical (unpaired) electrons. The molecule has 0 amide bonds. The van der Waals surface area contributed by atoms with Crippen LogP contribution in [0.5, 0.6) is 0 Å². The number of aromatic nitrogens is 3. The molecule has 0 aliphatic heterocycles. The zero-order valence-corrected chi connectivity index (χ0v) is 9.34. The van der Waals surface area contributed by atoms with Crippen molar-refractivity contribution in [1.82, 2.24) is 14.1 Å². The number of pyridine rings is 1. The zero-order valence-electron chi connectivity index (χ0n) is 9.34. The molecule has 0 fully saturated rings. The maximum atomic E-state index is 11.9. The second kappa shape index (κ2) is 4.79. The molecule has 0 N–H and O–H groups in total. The molecule has 4 heteroatoms. The molecule has 4 nitrogen and oxygen atoms in total. The van der Waals surface area contributed by atoms with Gasteiger partial charge < -0.3 is 0 Å². The van der Waals surface area contributed by atoms with Crippen molar-refractivity contribution in [1.29, 1.82) is 0 Å². The number of imidazole rings is 1. The predicted molar refractivity (Wildman–Crippen MR) is 62.3 cm³/mol.